The van der Waals surface area contributed by atoms with E-state index in [1.165, 1.54) is 0 Å². The van der Waals surface area contributed by atoms with Crippen LogP contribution in [-0.2, 0) is 19.4 Å². The van der Waals surface area contributed by atoms with Crippen molar-refractivity contribution in [3.8, 4) is 17.2 Å². The molecule has 0 aliphatic carbocycles. The first-order chi connectivity index (χ1) is 13.1. The summed E-state index contributed by atoms with van der Waals surface area (Å²) in [7, 11) is 2.16. The highest BCUT2D eigenvalue weighted by molar-refractivity contribution is 5.92. The minimum atomic E-state index is 0.0670. The third-order valence-corrected chi connectivity index (χ3v) is 6.41. The topological polar surface area (TPSA) is 72.8 Å². The van der Waals surface area contributed by atoms with E-state index < -0.39 is 0 Å². The Morgan fingerprint density at radius 3 is 2.81 bits per heavy atom. The highest BCUT2D eigenvalue weighted by Gasteiger charge is 2.46. The van der Waals surface area contributed by atoms with Crippen LogP contribution in [0.2, 0.25) is 0 Å². The molecular formula is C21H20NO5+. The van der Waals surface area contributed by atoms with E-state index in [-0.39, 0.29) is 18.6 Å². The first-order valence-corrected chi connectivity index (χ1v) is 9.09. The van der Waals surface area contributed by atoms with Crippen molar-refractivity contribution in [2.75, 3.05) is 20.4 Å². The molecule has 27 heavy (non-hydrogen) atoms. The SMILES string of the molecule is C[N+]12CCc3cc4c(c(O)c3C1Cc1ccc(C=O)c(C=O)c1C2)OCO4. The Hall–Kier alpha value is -2.86. The van der Waals surface area contributed by atoms with E-state index in [0.29, 0.717) is 40.1 Å². The summed E-state index contributed by atoms with van der Waals surface area (Å²) in [5, 5.41) is 10.9. The molecule has 0 saturated carbocycles. The lowest BCUT2D eigenvalue weighted by Crippen LogP contribution is -2.53. The lowest BCUT2D eigenvalue weighted by molar-refractivity contribution is -0.956. The molecule has 0 amide bonds. The molecule has 2 atom stereocenters. The van der Waals surface area contributed by atoms with Crippen molar-refractivity contribution in [1.29, 1.82) is 0 Å². The van der Waals surface area contributed by atoms with E-state index in [1.54, 1.807) is 6.07 Å². The average Bonchev–Trinajstić information content (AvgIpc) is 3.14. The predicted molar refractivity (Wildman–Crippen MR) is 96.4 cm³/mol. The zero-order valence-corrected chi connectivity index (χ0v) is 15.0. The maximum Gasteiger partial charge on any atom is 0.231 e. The van der Waals surface area contributed by atoms with Gasteiger partial charge < -0.3 is 19.1 Å². The maximum atomic E-state index is 11.7. The van der Waals surface area contributed by atoms with E-state index in [0.717, 1.165) is 47.8 Å². The summed E-state index contributed by atoms with van der Waals surface area (Å²) in [6.07, 6.45) is 3.05. The van der Waals surface area contributed by atoms with Gasteiger partial charge in [0.25, 0.3) is 0 Å². The number of hydrogen-bond acceptors (Lipinski definition) is 5. The number of carbonyl (C=O) groups is 2. The Morgan fingerprint density at radius 2 is 2.04 bits per heavy atom. The van der Waals surface area contributed by atoms with Gasteiger partial charge in [-0.15, -0.1) is 0 Å². The molecule has 0 spiro atoms. The molecule has 2 aromatic carbocycles. The van der Waals surface area contributed by atoms with Crippen molar-refractivity contribution in [3.63, 3.8) is 0 Å². The Balaban J connectivity index is 1.68. The summed E-state index contributed by atoms with van der Waals surface area (Å²) < 4.78 is 11.6. The van der Waals surface area contributed by atoms with Crippen LogP contribution in [0.25, 0.3) is 0 Å². The van der Waals surface area contributed by atoms with Crippen LogP contribution >= 0.6 is 0 Å². The molecule has 2 aromatic rings. The van der Waals surface area contributed by atoms with E-state index in [1.807, 2.05) is 12.1 Å². The van der Waals surface area contributed by atoms with Crippen molar-refractivity contribution in [2.24, 2.45) is 0 Å². The van der Waals surface area contributed by atoms with Gasteiger partial charge in [-0.25, -0.2) is 0 Å². The molecule has 3 aliphatic heterocycles. The highest BCUT2D eigenvalue weighted by atomic mass is 16.7. The largest absolute Gasteiger partial charge is 0.504 e. The molecule has 0 saturated heterocycles. The molecule has 0 aromatic heterocycles. The molecule has 6 nitrogen and oxygen atoms in total. The van der Waals surface area contributed by atoms with Crippen molar-refractivity contribution in [1.82, 2.24) is 0 Å². The fourth-order valence-corrected chi connectivity index (χ4v) is 4.94. The second-order valence-corrected chi connectivity index (χ2v) is 7.80. The predicted octanol–water partition coefficient (Wildman–Crippen LogP) is 2.55. The van der Waals surface area contributed by atoms with Crippen LogP contribution in [0.5, 0.6) is 17.2 Å². The normalized spacial score (nSPS) is 24.6. The van der Waals surface area contributed by atoms with Crippen LogP contribution in [-0.4, -0.2) is 42.5 Å². The second-order valence-electron chi connectivity index (χ2n) is 7.80. The van der Waals surface area contributed by atoms with E-state index in [2.05, 4.69) is 7.05 Å². The third kappa shape index (κ3) is 2.16. The van der Waals surface area contributed by atoms with Crippen molar-refractivity contribution in [2.45, 2.75) is 25.4 Å². The number of nitrogens with zero attached hydrogens (tertiary/aromatic N) is 1. The summed E-state index contributed by atoms with van der Waals surface area (Å²) in [5.74, 6) is 1.22. The van der Waals surface area contributed by atoms with Crippen molar-refractivity contribution < 1.29 is 28.7 Å². The number of ether oxygens (including phenoxy) is 2. The summed E-state index contributed by atoms with van der Waals surface area (Å²) in [5.41, 5.74) is 4.98. The van der Waals surface area contributed by atoms with Crippen molar-refractivity contribution >= 4 is 12.6 Å². The van der Waals surface area contributed by atoms with Crippen LogP contribution in [0.4, 0.5) is 0 Å². The standard InChI is InChI=1S/C21H19NO5/c1-22-5-4-13-7-18-21(27-11-26-18)20(25)19(13)17(22)6-12-2-3-14(9-23)16(10-24)15(12)8-22/h2-3,7,9-10,17H,4-6,8,11H2,1H3/p+1. The molecule has 3 heterocycles. The Bertz CT molecular complexity index is 999. The fourth-order valence-electron chi connectivity index (χ4n) is 4.94. The number of rotatable bonds is 2. The Morgan fingerprint density at radius 1 is 1.19 bits per heavy atom. The molecule has 3 aliphatic rings. The monoisotopic (exact) mass is 366 g/mol. The number of fused-ring (bicyclic) bond motifs is 5. The van der Waals surface area contributed by atoms with E-state index in [9.17, 15) is 14.7 Å². The fraction of sp³-hybridized carbons (Fsp3) is 0.333. The van der Waals surface area contributed by atoms with E-state index in [4.69, 9.17) is 9.47 Å². The summed E-state index contributed by atoms with van der Waals surface area (Å²) >= 11 is 0. The van der Waals surface area contributed by atoms with Gasteiger partial charge in [0.05, 0.1) is 19.2 Å². The molecular weight excluding hydrogens is 346 g/mol. The smallest absolute Gasteiger partial charge is 0.231 e. The lowest BCUT2D eigenvalue weighted by atomic mass is 9.79. The number of aldehydes is 2. The number of aromatic hydroxyl groups is 1. The maximum absolute atomic E-state index is 11.7. The van der Waals surface area contributed by atoms with Gasteiger partial charge in [0.1, 0.15) is 12.6 Å². The molecule has 138 valence electrons. The van der Waals surface area contributed by atoms with Gasteiger partial charge in [0.15, 0.2) is 24.1 Å². The minimum absolute atomic E-state index is 0.0670. The molecule has 2 unspecified atom stereocenters. The van der Waals surface area contributed by atoms with Crippen LogP contribution in [0.3, 0.4) is 0 Å². The lowest BCUT2D eigenvalue weighted by Gasteiger charge is -2.49. The molecule has 1 N–H and O–H groups in total. The van der Waals surface area contributed by atoms with E-state index >= 15 is 0 Å². The number of likely N-dealkylation sites (N-methyl/N-ethyl adjacent to an activating group) is 1. The molecule has 5 rings (SSSR count). The molecule has 0 fully saturated rings. The average molecular weight is 366 g/mol. The second kappa shape index (κ2) is 5.57. The first kappa shape index (κ1) is 16.3. The number of quaternary nitrogens is 1. The third-order valence-electron chi connectivity index (χ3n) is 6.41. The Labute approximate surface area is 156 Å². The van der Waals surface area contributed by atoms with Gasteiger partial charge in [-0.2, -0.15) is 0 Å². The summed E-state index contributed by atoms with van der Waals surface area (Å²) in [4.78, 5) is 23.0. The first-order valence-electron chi connectivity index (χ1n) is 9.09. The van der Waals surface area contributed by atoms with Crippen LogP contribution in [0.15, 0.2) is 18.2 Å². The zero-order valence-electron chi connectivity index (χ0n) is 15.0. The highest BCUT2D eigenvalue weighted by Crippen LogP contribution is 2.53. The molecule has 6 heteroatoms. The van der Waals surface area contributed by atoms with Gasteiger partial charge >= 0.3 is 0 Å². The van der Waals surface area contributed by atoms with Gasteiger partial charge in [-0.05, 0) is 17.2 Å². The Kier molecular flexibility index (Phi) is 3.37. The number of carbonyl (C=O) groups excluding carboxylic acids is 2. The molecule has 0 radical (unpaired) electrons. The van der Waals surface area contributed by atoms with Crippen LogP contribution < -0.4 is 9.47 Å². The van der Waals surface area contributed by atoms with Crippen LogP contribution in [0, 0.1) is 0 Å². The zero-order chi connectivity index (χ0) is 18.8. The minimum Gasteiger partial charge on any atom is -0.504 e. The van der Waals surface area contributed by atoms with Gasteiger partial charge in [-0.3, -0.25) is 9.59 Å². The summed E-state index contributed by atoms with van der Waals surface area (Å²) in [6, 6.07) is 5.71. The number of phenols is 1. The number of phenolic OH excluding ortho intramolecular Hbond substituents is 1. The van der Waals surface area contributed by atoms with Crippen LogP contribution in [0.1, 0.15) is 49.0 Å². The quantitative estimate of drug-likeness (QED) is 0.653. The number of benzene rings is 2. The number of hydrogen-bond donors (Lipinski definition) is 1. The van der Waals surface area contributed by atoms with Crippen molar-refractivity contribution in [3.05, 3.63) is 51.6 Å². The molecule has 0 bridgehead atoms. The van der Waals surface area contributed by atoms with Gasteiger partial charge in [0, 0.05) is 29.5 Å². The summed E-state index contributed by atoms with van der Waals surface area (Å²) in [6.45, 7) is 1.67. The van der Waals surface area contributed by atoms with Gasteiger partial charge in [0.2, 0.25) is 12.5 Å². The van der Waals surface area contributed by atoms with Gasteiger partial charge in [-0.1, -0.05) is 12.1 Å².